The van der Waals surface area contributed by atoms with Gasteiger partial charge < -0.3 is 27.9 Å². The second-order valence-electron chi connectivity index (χ2n) is 23.2. The fourth-order valence-corrected chi connectivity index (χ4v) is 15.4. The lowest BCUT2D eigenvalue weighted by atomic mass is 9.28. The highest BCUT2D eigenvalue weighted by molar-refractivity contribution is 7.04. The standard InChI is InChI=1S/C78H48B3N3O3/c1-13-37-61-49(25-1)50-26-2-14-38-62(50)82(61)67-43-19-7-31-55(67)79-58-34-10-22-46-70(58)85-76-73(79)77-75(80(59-35-11-23-47-71(59)86-77)56-32-8-20-44-68(56)83-63-39-15-3-27-51(63)52-28-4-16-40-64(52)83)78-74(76)81(60-36-12-24-48-72(60)87-78)57-33-9-21-45-69(57)84-65-41-17-5-29-53(65)54-30-6-18-42-66(54)84/h1-48H. The van der Waals surface area contributed by atoms with Crippen molar-refractivity contribution in [3.63, 3.8) is 0 Å². The van der Waals surface area contributed by atoms with Crippen molar-refractivity contribution in [1.29, 1.82) is 0 Å². The summed E-state index contributed by atoms with van der Waals surface area (Å²) in [4.78, 5) is 0. The Hall–Kier alpha value is -11.1. The van der Waals surface area contributed by atoms with Gasteiger partial charge in [0.1, 0.15) is 34.5 Å². The van der Waals surface area contributed by atoms with Gasteiger partial charge in [0, 0.05) is 65.8 Å². The summed E-state index contributed by atoms with van der Waals surface area (Å²) in [5.74, 6) is 4.55. The molecule has 0 N–H and O–H groups in total. The monoisotopic (exact) mass is 1110 g/mol. The Morgan fingerprint density at radius 1 is 0.195 bits per heavy atom. The first-order valence-corrected chi connectivity index (χ1v) is 30.0. The van der Waals surface area contributed by atoms with Crippen LogP contribution in [0.5, 0.6) is 34.5 Å². The second-order valence-corrected chi connectivity index (χ2v) is 23.2. The van der Waals surface area contributed by atoms with Crippen LogP contribution in [-0.4, -0.2) is 33.8 Å². The molecule has 0 fully saturated rings. The first-order valence-electron chi connectivity index (χ1n) is 30.0. The van der Waals surface area contributed by atoms with E-state index >= 15 is 0 Å². The summed E-state index contributed by atoms with van der Waals surface area (Å²) >= 11 is 0. The van der Waals surface area contributed by atoms with Crippen LogP contribution >= 0.6 is 0 Å². The molecule has 0 amide bonds. The third-order valence-corrected chi connectivity index (χ3v) is 18.9. The van der Waals surface area contributed by atoms with Gasteiger partial charge in [-0.15, -0.1) is 0 Å². The molecule has 0 saturated heterocycles. The van der Waals surface area contributed by atoms with Crippen LogP contribution in [0.1, 0.15) is 0 Å². The number of rotatable bonds is 6. The van der Waals surface area contributed by atoms with Gasteiger partial charge in [0.05, 0.1) is 33.1 Å². The van der Waals surface area contributed by atoms with Crippen LogP contribution in [0.25, 0.3) is 82.5 Å². The van der Waals surface area contributed by atoms with E-state index in [9.17, 15) is 0 Å². The maximum Gasteiger partial charge on any atom is 0.258 e. The summed E-state index contributed by atoms with van der Waals surface area (Å²) < 4.78 is 30.9. The molecule has 87 heavy (non-hydrogen) atoms. The summed E-state index contributed by atoms with van der Waals surface area (Å²) in [6, 6.07) is 106. The van der Waals surface area contributed by atoms with Crippen molar-refractivity contribution in [2.24, 2.45) is 0 Å². The molecule has 0 unspecified atom stereocenters. The van der Waals surface area contributed by atoms with Gasteiger partial charge in [0.2, 0.25) is 0 Å². The summed E-state index contributed by atoms with van der Waals surface area (Å²) in [5, 5.41) is 7.21. The van der Waals surface area contributed by atoms with E-state index in [4.69, 9.17) is 14.2 Å². The molecule has 0 aliphatic carbocycles. The van der Waals surface area contributed by atoms with E-state index in [2.05, 4.69) is 305 Å². The number of aromatic nitrogens is 3. The van der Waals surface area contributed by atoms with E-state index in [0.29, 0.717) is 0 Å². The maximum atomic E-state index is 7.83. The van der Waals surface area contributed by atoms with Gasteiger partial charge in [-0.3, -0.25) is 0 Å². The van der Waals surface area contributed by atoms with Gasteiger partial charge in [0.25, 0.3) is 20.1 Å². The molecular formula is C78H48B3N3O3. The number of para-hydroxylation sites is 12. The average molecular weight is 1110 g/mol. The highest BCUT2D eigenvalue weighted by Gasteiger charge is 2.50. The highest BCUT2D eigenvalue weighted by Crippen LogP contribution is 2.42. The zero-order valence-corrected chi connectivity index (χ0v) is 47.0. The summed E-state index contributed by atoms with van der Waals surface area (Å²) in [5.41, 5.74) is 19.4. The molecular weight excluding hydrogens is 1060 g/mol. The van der Waals surface area contributed by atoms with Crippen LogP contribution in [0.2, 0.25) is 0 Å². The molecule has 0 radical (unpaired) electrons. The van der Waals surface area contributed by atoms with Gasteiger partial charge in [-0.05, 0) is 106 Å². The molecule has 9 heteroatoms. The Morgan fingerprint density at radius 3 is 0.644 bits per heavy atom. The molecule has 0 bridgehead atoms. The number of ether oxygens (including phenoxy) is 3. The quantitative estimate of drug-likeness (QED) is 0.156. The molecule has 0 saturated carbocycles. The predicted octanol–water partition coefficient (Wildman–Crippen LogP) is 12.8. The Morgan fingerprint density at radius 2 is 0.391 bits per heavy atom. The van der Waals surface area contributed by atoms with E-state index in [0.717, 1.165) is 134 Å². The molecule has 13 aromatic carbocycles. The fourth-order valence-electron chi connectivity index (χ4n) is 15.4. The van der Waals surface area contributed by atoms with E-state index in [1.165, 1.54) is 32.3 Å². The highest BCUT2D eigenvalue weighted by atomic mass is 16.5. The molecule has 6 heterocycles. The fraction of sp³-hybridized carbons (Fsp3) is 0. The first-order chi connectivity index (χ1) is 43.2. The third kappa shape index (κ3) is 6.85. The molecule has 3 aliphatic rings. The minimum Gasteiger partial charge on any atom is -0.459 e. The Bertz CT molecular complexity index is 4860. The Balaban J connectivity index is 0.975. The van der Waals surface area contributed by atoms with Crippen molar-refractivity contribution < 1.29 is 14.2 Å². The molecule has 6 nitrogen and oxygen atoms in total. The van der Waals surface area contributed by atoms with Crippen LogP contribution in [0.4, 0.5) is 0 Å². The van der Waals surface area contributed by atoms with E-state index in [1.54, 1.807) is 0 Å². The van der Waals surface area contributed by atoms with Crippen LogP contribution in [0.3, 0.4) is 0 Å². The number of hydrogen-bond donors (Lipinski definition) is 0. The van der Waals surface area contributed by atoms with Gasteiger partial charge in [-0.1, -0.05) is 218 Å². The minimum absolute atomic E-state index is 0.413. The third-order valence-electron chi connectivity index (χ3n) is 18.9. The van der Waals surface area contributed by atoms with Crippen LogP contribution in [0.15, 0.2) is 291 Å². The smallest absolute Gasteiger partial charge is 0.258 e. The molecule has 3 aliphatic heterocycles. The summed E-state index contributed by atoms with van der Waals surface area (Å²) in [6.07, 6.45) is 0. The molecule has 16 aromatic rings. The largest absolute Gasteiger partial charge is 0.459 e. The number of nitrogens with zero attached hydrogens (tertiary/aromatic N) is 3. The van der Waals surface area contributed by atoms with Crippen molar-refractivity contribution in [2.75, 3.05) is 0 Å². The van der Waals surface area contributed by atoms with Crippen molar-refractivity contribution in [2.45, 2.75) is 0 Å². The van der Waals surface area contributed by atoms with E-state index < -0.39 is 20.1 Å². The van der Waals surface area contributed by atoms with Crippen LogP contribution in [-0.2, 0) is 0 Å². The lowest BCUT2D eigenvalue weighted by molar-refractivity contribution is 0.453. The Labute approximate surface area is 502 Å². The van der Waals surface area contributed by atoms with E-state index in [1.807, 2.05) is 0 Å². The zero-order chi connectivity index (χ0) is 56.8. The molecule has 402 valence electrons. The predicted molar refractivity (Wildman–Crippen MR) is 362 cm³/mol. The maximum absolute atomic E-state index is 7.83. The number of benzene rings is 13. The van der Waals surface area contributed by atoms with Crippen molar-refractivity contribution in [3.8, 4) is 51.6 Å². The SMILES string of the molecule is c1ccc2c(c1)Oc1c(c3c(c4c1B(c1ccccc1-n1c5ccccc5c5ccccc51)c1ccccc1O4)B(c1ccccc1-n1c4ccccc4c4ccccc41)c1ccccc1O3)B2c1ccccc1-n1c2ccccc2c2ccccc21. The van der Waals surface area contributed by atoms with E-state index in [-0.39, 0.29) is 0 Å². The summed E-state index contributed by atoms with van der Waals surface area (Å²) in [7, 11) is 0. The van der Waals surface area contributed by atoms with Gasteiger partial charge in [0.15, 0.2) is 0 Å². The van der Waals surface area contributed by atoms with Gasteiger partial charge >= 0.3 is 0 Å². The molecule has 0 spiro atoms. The molecule has 0 atom stereocenters. The lowest BCUT2D eigenvalue weighted by Gasteiger charge is -2.40. The molecule has 19 rings (SSSR count). The summed E-state index contributed by atoms with van der Waals surface area (Å²) in [6.45, 7) is -1.24. The lowest BCUT2D eigenvalue weighted by Crippen LogP contribution is -2.66. The topological polar surface area (TPSA) is 42.5 Å². The van der Waals surface area contributed by atoms with Gasteiger partial charge in [-0.25, -0.2) is 0 Å². The number of hydrogen-bond acceptors (Lipinski definition) is 3. The molecule has 3 aromatic heterocycles. The van der Waals surface area contributed by atoms with Crippen LogP contribution < -0.4 is 63.4 Å². The minimum atomic E-state index is -0.413. The second kappa shape index (κ2) is 18.7. The van der Waals surface area contributed by atoms with Crippen molar-refractivity contribution in [1.82, 2.24) is 13.7 Å². The normalized spacial score (nSPS) is 13.0. The zero-order valence-electron chi connectivity index (χ0n) is 47.0. The van der Waals surface area contributed by atoms with Crippen molar-refractivity contribution in [3.05, 3.63) is 291 Å². The van der Waals surface area contributed by atoms with Crippen molar-refractivity contribution >= 4 is 135 Å². The Kier molecular flexibility index (Phi) is 10.4. The van der Waals surface area contributed by atoms with Crippen LogP contribution in [0, 0.1) is 0 Å². The first kappa shape index (κ1) is 48.3. The number of fused-ring (bicyclic) bond motifs is 18. The average Bonchev–Trinajstić information content (AvgIpc) is 2.25. The van der Waals surface area contributed by atoms with Gasteiger partial charge in [-0.2, -0.15) is 0 Å².